The SMILES string of the molecule is Cc1ccc(NC(=O)c2ccccc2C(=O)O)c(C)n1. The normalized spacial score (nSPS) is 10.1. The fourth-order valence-corrected chi connectivity index (χ4v) is 1.88. The molecule has 5 nitrogen and oxygen atoms in total. The van der Waals surface area contributed by atoms with Crippen LogP contribution in [0.3, 0.4) is 0 Å². The molecular formula is C15H14N2O3. The largest absolute Gasteiger partial charge is 0.478 e. The van der Waals surface area contributed by atoms with Gasteiger partial charge in [0.25, 0.3) is 5.91 Å². The van der Waals surface area contributed by atoms with E-state index in [1.165, 1.54) is 12.1 Å². The Bertz CT molecular complexity index is 681. The summed E-state index contributed by atoms with van der Waals surface area (Å²) in [5, 5.41) is 11.8. The van der Waals surface area contributed by atoms with E-state index >= 15 is 0 Å². The van der Waals surface area contributed by atoms with Crippen molar-refractivity contribution >= 4 is 17.6 Å². The predicted molar refractivity (Wildman–Crippen MR) is 75.1 cm³/mol. The van der Waals surface area contributed by atoms with Crippen molar-refractivity contribution in [1.29, 1.82) is 0 Å². The maximum Gasteiger partial charge on any atom is 0.336 e. The molecule has 1 aromatic heterocycles. The third-order valence-corrected chi connectivity index (χ3v) is 2.88. The molecule has 0 aliphatic rings. The third-order valence-electron chi connectivity index (χ3n) is 2.88. The van der Waals surface area contributed by atoms with E-state index in [2.05, 4.69) is 10.3 Å². The molecule has 0 saturated carbocycles. The monoisotopic (exact) mass is 270 g/mol. The van der Waals surface area contributed by atoms with Gasteiger partial charge in [-0.2, -0.15) is 0 Å². The Morgan fingerprint density at radius 3 is 2.30 bits per heavy atom. The molecule has 5 heteroatoms. The number of hydrogen-bond acceptors (Lipinski definition) is 3. The minimum absolute atomic E-state index is 0.0253. The molecule has 0 saturated heterocycles. The number of nitrogens with one attached hydrogen (secondary N) is 1. The average molecular weight is 270 g/mol. The summed E-state index contributed by atoms with van der Waals surface area (Å²) >= 11 is 0. The van der Waals surface area contributed by atoms with Gasteiger partial charge in [-0.15, -0.1) is 0 Å². The van der Waals surface area contributed by atoms with E-state index in [1.54, 1.807) is 31.2 Å². The first-order valence-corrected chi connectivity index (χ1v) is 6.07. The van der Waals surface area contributed by atoms with E-state index in [-0.39, 0.29) is 11.1 Å². The highest BCUT2D eigenvalue weighted by Gasteiger charge is 2.16. The molecule has 0 spiro atoms. The van der Waals surface area contributed by atoms with Gasteiger partial charge in [0.05, 0.1) is 22.5 Å². The number of benzene rings is 1. The number of aromatic nitrogens is 1. The van der Waals surface area contributed by atoms with Crippen LogP contribution in [0.1, 0.15) is 32.1 Å². The van der Waals surface area contributed by atoms with Gasteiger partial charge in [0.2, 0.25) is 0 Å². The number of aryl methyl sites for hydroxylation is 2. The highest BCUT2D eigenvalue weighted by Crippen LogP contribution is 2.16. The molecule has 102 valence electrons. The molecule has 0 bridgehead atoms. The van der Waals surface area contributed by atoms with Crippen LogP contribution in [-0.2, 0) is 0 Å². The van der Waals surface area contributed by atoms with Gasteiger partial charge in [0.15, 0.2) is 0 Å². The first-order valence-electron chi connectivity index (χ1n) is 6.07. The van der Waals surface area contributed by atoms with Crippen LogP contribution in [0.25, 0.3) is 0 Å². The number of pyridine rings is 1. The number of rotatable bonds is 3. The fourth-order valence-electron chi connectivity index (χ4n) is 1.88. The molecule has 2 N–H and O–H groups in total. The smallest absolute Gasteiger partial charge is 0.336 e. The molecule has 1 amide bonds. The van der Waals surface area contributed by atoms with Crippen LogP contribution in [0, 0.1) is 13.8 Å². The Morgan fingerprint density at radius 2 is 1.70 bits per heavy atom. The molecule has 0 unspecified atom stereocenters. The number of carbonyl (C=O) groups is 2. The second kappa shape index (κ2) is 5.52. The summed E-state index contributed by atoms with van der Waals surface area (Å²) in [7, 11) is 0. The van der Waals surface area contributed by atoms with Gasteiger partial charge in [-0.3, -0.25) is 9.78 Å². The van der Waals surface area contributed by atoms with Gasteiger partial charge in [0.1, 0.15) is 0 Å². The summed E-state index contributed by atoms with van der Waals surface area (Å²) in [5.74, 6) is -1.59. The number of carboxylic acids is 1. The molecular weight excluding hydrogens is 256 g/mol. The highest BCUT2D eigenvalue weighted by atomic mass is 16.4. The second-order valence-corrected chi connectivity index (χ2v) is 4.39. The molecule has 0 aliphatic carbocycles. The van der Waals surface area contributed by atoms with E-state index in [4.69, 9.17) is 5.11 Å². The van der Waals surface area contributed by atoms with E-state index in [0.717, 1.165) is 5.69 Å². The van der Waals surface area contributed by atoms with Crippen molar-refractivity contribution < 1.29 is 14.7 Å². The molecule has 0 aliphatic heterocycles. The zero-order valence-electron chi connectivity index (χ0n) is 11.2. The number of hydrogen-bond donors (Lipinski definition) is 2. The van der Waals surface area contributed by atoms with Crippen LogP contribution in [0.5, 0.6) is 0 Å². The van der Waals surface area contributed by atoms with Crippen molar-refractivity contribution in [2.45, 2.75) is 13.8 Å². The van der Waals surface area contributed by atoms with Gasteiger partial charge in [-0.05, 0) is 38.1 Å². The van der Waals surface area contributed by atoms with Gasteiger partial charge in [-0.1, -0.05) is 12.1 Å². The first-order chi connectivity index (χ1) is 9.49. The Balaban J connectivity index is 2.31. The van der Waals surface area contributed by atoms with Gasteiger partial charge >= 0.3 is 5.97 Å². The Morgan fingerprint density at radius 1 is 1.05 bits per heavy atom. The standard InChI is InChI=1S/C15H14N2O3/c1-9-7-8-13(10(2)16-9)17-14(18)11-5-3-4-6-12(11)15(19)20/h3-8H,1-2H3,(H,17,18)(H,19,20). The lowest BCUT2D eigenvalue weighted by molar-refractivity contribution is 0.0692. The lowest BCUT2D eigenvalue weighted by Gasteiger charge is -2.10. The van der Waals surface area contributed by atoms with Crippen LogP contribution in [-0.4, -0.2) is 22.0 Å². The molecule has 1 aromatic carbocycles. The van der Waals surface area contributed by atoms with E-state index in [9.17, 15) is 9.59 Å². The Hall–Kier alpha value is -2.69. The number of anilines is 1. The molecule has 0 atom stereocenters. The summed E-state index contributed by atoms with van der Waals surface area (Å²) < 4.78 is 0. The molecule has 20 heavy (non-hydrogen) atoms. The van der Waals surface area contributed by atoms with Crippen LogP contribution < -0.4 is 5.32 Å². The van der Waals surface area contributed by atoms with Crippen molar-refractivity contribution in [2.75, 3.05) is 5.32 Å². The van der Waals surface area contributed by atoms with Crippen molar-refractivity contribution in [3.63, 3.8) is 0 Å². The number of amides is 1. The number of nitrogens with zero attached hydrogens (tertiary/aromatic N) is 1. The molecule has 2 aromatic rings. The fraction of sp³-hybridized carbons (Fsp3) is 0.133. The maximum absolute atomic E-state index is 12.2. The van der Waals surface area contributed by atoms with Crippen molar-refractivity contribution in [1.82, 2.24) is 4.98 Å². The minimum Gasteiger partial charge on any atom is -0.478 e. The second-order valence-electron chi connectivity index (χ2n) is 4.39. The number of carbonyl (C=O) groups excluding carboxylic acids is 1. The molecule has 0 radical (unpaired) electrons. The van der Waals surface area contributed by atoms with E-state index in [1.807, 2.05) is 6.92 Å². The lowest BCUT2D eigenvalue weighted by Crippen LogP contribution is -2.17. The topological polar surface area (TPSA) is 79.3 Å². The highest BCUT2D eigenvalue weighted by molar-refractivity contribution is 6.10. The summed E-state index contributed by atoms with van der Waals surface area (Å²) in [6.45, 7) is 3.64. The van der Waals surface area contributed by atoms with Crippen LogP contribution >= 0.6 is 0 Å². The zero-order valence-corrected chi connectivity index (χ0v) is 11.2. The molecule has 2 rings (SSSR count). The molecule has 0 fully saturated rings. The number of carboxylic acid groups (broad SMARTS) is 1. The minimum atomic E-state index is -1.13. The van der Waals surface area contributed by atoms with Crippen molar-refractivity contribution in [2.24, 2.45) is 0 Å². The van der Waals surface area contributed by atoms with Gasteiger partial charge < -0.3 is 10.4 Å². The van der Waals surface area contributed by atoms with Crippen molar-refractivity contribution in [3.8, 4) is 0 Å². The maximum atomic E-state index is 12.2. The average Bonchev–Trinajstić information content (AvgIpc) is 2.41. The van der Waals surface area contributed by atoms with Gasteiger partial charge in [-0.25, -0.2) is 4.79 Å². The predicted octanol–water partition coefficient (Wildman–Crippen LogP) is 2.65. The van der Waals surface area contributed by atoms with Gasteiger partial charge in [0, 0.05) is 5.69 Å². The summed E-state index contributed by atoms with van der Waals surface area (Å²) in [6, 6.07) is 9.62. The Kier molecular flexibility index (Phi) is 3.79. The zero-order chi connectivity index (χ0) is 14.7. The van der Waals surface area contributed by atoms with Crippen LogP contribution in [0.4, 0.5) is 5.69 Å². The number of aromatic carboxylic acids is 1. The Labute approximate surface area is 116 Å². The molecule has 1 heterocycles. The summed E-state index contributed by atoms with van der Waals surface area (Å²) in [5.41, 5.74) is 2.21. The first kappa shape index (κ1) is 13.7. The van der Waals surface area contributed by atoms with Crippen LogP contribution in [0.15, 0.2) is 36.4 Å². The van der Waals surface area contributed by atoms with Crippen molar-refractivity contribution in [3.05, 3.63) is 58.9 Å². The summed E-state index contributed by atoms with van der Waals surface area (Å²) in [4.78, 5) is 27.5. The van der Waals surface area contributed by atoms with E-state index in [0.29, 0.717) is 11.4 Å². The van der Waals surface area contributed by atoms with Crippen LogP contribution in [0.2, 0.25) is 0 Å². The lowest BCUT2D eigenvalue weighted by atomic mass is 10.1. The van der Waals surface area contributed by atoms with E-state index < -0.39 is 11.9 Å². The summed E-state index contributed by atoms with van der Waals surface area (Å²) in [6.07, 6.45) is 0. The third kappa shape index (κ3) is 2.83. The quantitative estimate of drug-likeness (QED) is 0.898.